The molecule has 0 aromatic rings. The van der Waals surface area contributed by atoms with E-state index in [-0.39, 0.29) is 0 Å². The lowest BCUT2D eigenvalue weighted by molar-refractivity contribution is 0.145. The maximum absolute atomic E-state index is 2.32. The molecule has 0 aromatic heterocycles. The highest BCUT2D eigenvalue weighted by molar-refractivity contribution is 4.77. The third kappa shape index (κ3) is 6.05. The lowest BCUT2D eigenvalue weighted by atomic mass is 9.80. The van der Waals surface area contributed by atoms with Crippen molar-refractivity contribution in [3.63, 3.8) is 0 Å². The first-order chi connectivity index (χ1) is 5.73. The Kier molecular flexibility index (Phi) is 4.93. The first kappa shape index (κ1) is 12.9. The van der Waals surface area contributed by atoms with Crippen LogP contribution in [0.3, 0.4) is 0 Å². The maximum Gasteiger partial charge on any atom is 0.00208 e. The average molecular weight is 186 g/mol. The first-order valence-electron chi connectivity index (χ1n) is 5.03. The van der Waals surface area contributed by atoms with Gasteiger partial charge in [0.05, 0.1) is 0 Å². The molecule has 2 nitrogen and oxygen atoms in total. The molecule has 0 saturated heterocycles. The highest BCUT2D eigenvalue weighted by atomic mass is 15.1. The number of hydrogen-bond acceptors (Lipinski definition) is 2. The van der Waals surface area contributed by atoms with E-state index >= 15 is 0 Å². The fraction of sp³-hybridized carbons (Fsp3) is 1.00. The van der Waals surface area contributed by atoms with E-state index in [0.717, 1.165) is 5.92 Å². The molecule has 0 bridgehead atoms. The molecule has 0 spiro atoms. The Balaban J connectivity index is 4.20. The summed E-state index contributed by atoms with van der Waals surface area (Å²) in [5.41, 5.74) is 0.397. The van der Waals surface area contributed by atoms with Crippen molar-refractivity contribution in [1.29, 1.82) is 0 Å². The molecule has 0 aliphatic heterocycles. The van der Waals surface area contributed by atoms with Crippen LogP contribution >= 0.6 is 0 Å². The molecule has 0 N–H and O–H groups in total. The van der Waals surface area contributed by atoms with Crippen LogP contribution < -0.4 is 0 Å². The van der Waals surface area contributed by atoms with Crippen molar-refractivity contribution in [2.75, 3.05) is 41.3 Å². The van der Waals surface area contributed by atoms with Crippen LogP contribution in [0.1, 0.15) is 20.8 Å². The van der Waals surface area contributed by atoms with Crippen LogP contribution in [-0.4, -0.2) is 51.1 Å². The minimum Gasteiger partial charge on any atom is -0.309 e. The van der Waals surface area contributed by atoms with Crippen LogP contribution in [0.25, 0.3) is 0 Å². The molecule has 0 atom stereocenters. The second kappa shape index (κ2) is 4.97. The normalized spacial score (nSPS) is 13.4. The van der Waals surface area contributed by atoms with E-state index in [1.165, 1.54) is 13.1 Å². The largest absolute Gasteiger partial charge is 0.309 e. The zero-order chi connectivity index (χ0) is 10.6. The third-order valence-electron chi connectivity index (χ3n) is 2.40. The molecule has 0 rings (SSSR count). The topological polar surface area (TPSA) is 6.48 Å². The van der Waals surface area contributed by atoms with E-state index in [2.05, 4.69) is 58.8 Å². The average Bonchev–Trinajstić information content (AvgIpc) is 1.81. The standard InChI is InChI=1S/C11H26N2/c1-11(2,3)10(8-12(4)5)9-13(6)7/h10H,8-9H2,1-7H3. The maximum atomic E-state index is 2.32. The summed E-state index contributed by atoms with van der Waals surface area (Å²) in [4.78, 5) is 4.55. The van der Waals surface area contributed by atoms with Crippen molar-refractivity contribution in [2.24, 2.45) is 11.3 Å². The fourth-order valence-corrected chi connectivity index (χ4v) is 1.49. The van der Waals surface area contributed by atoms with Gasteiger partial charge in [0.15, 0.2) is 0 Å². The molecule has 0 aromatic carbocycles. The Morgan fingerprint density at radius 3 is 1.31 bits per heavy atom. The molecule has 0 fully saturated rings. The first-order valence-corrected chi connectivity index (χ1v) is 5.03. The second-order valence-corrected chi connectivity index (χ2v) is 5.59. The van der Waals surface area contributed by atoms with Gasteiger partial charge in [-0.15, -0.1) is 0 Å². The van der Waals surface area contributed by atoms with Gasteiger partial charge in [0, 0.05) is 13.1 Å². The van der Waals surface area contributed by atoms with Crippen LogP contribution in [0.5, 0.6) is 0 Å². The summed E-state index contributed by atoms with van der Waals surface area (Å²) in [6.45, 7) is 9.31. The van der Waals surface area contributed by atoms with Crippen molar-refractivity contribution >= 4 is 0 Å². The van der Waals surface area contributed by atoms with E-state index in [9.17, 15) is 0 Å². The smallest absolute Gasteiger partial charge is 0.00208 e. The molecule has 80 valence electrons. The Morgan fingerprint density at radius 1 is 0.846 bits per heavy atom. The Hall–Kier alpha value is -0.0800. The molecular weight excluding hydrogens is 160 g/mol. The van der Waals surface area contributed by atoms with Gasteiger partial charge in [0.2, 0.25) is 0 Å². The van der Waals surface area contributed by atoms with Gasteiger partial charge in [-0.3, -0.25) is 0 Å². The molecule has 2 heteroatoms. The molecule has 0 radical (unpaired) electrons. The number of hydrogen-bond donors (Lipinski definition) is 0. The highest BCUT2D eigenvalue weighted by Crippen LogP contribution is 2.26. The van der Waals surface area contributed by atoms with Crippen LogP contribution in [0, 0.1) is 11.3 Å². The molecule has 0 aliphatic carbocycles. The molecule has 0 saturated carbocycles. The quantitative estimate of drug-likeness (QED) is 0.660. The molecule has 0 amide bonds. The van der Waals surface area contributed by atoms with E-state index < -0.39 is 0 Å². The molecule has 0 aliphatic rings. The Morgan fingerprint density at radius 2 is 1.15 bits per heavy atom. The summed E-state index contributed by atoms with van der Waals surface area (Å²) >= 11 is 0. The summed E-state index contributed by atoms with van der Waals surface area (Å²) in [5.74, 6) is 0.734. The van der Waals surface area contributed by atoms with E-state index in [1.54, 1.807) is 0 Å². The minimum atomic E-state index is 0.397. The Labute approximate surface area is 83.9 Å². The lowest BCUT2D eigenvalue weighted by Crippen LogP contribution is -2.38. The van der Waals surface area contributed by atoms with E-state index in [0.29, 0.717) is 5.41 Å². The number of rotatable bonds is 4. The Bertz CT molecular complexity index is 124. The van der Waals surface area contributed by atoms with Crippen molar-refractivity contribution < 1.29 is 0 Å². The monoisotopic (exact) mass is 186 g/mol. The predicted octanol–water partition coefficient (Wildman–Crippen LogP) is 1.77. The summed E-state index contributed by atoms with van der Waals surface area (Å²) in [7, 11) is 8.59. The molecule has 0 heterocycles. The van der Waals surface area contributed by atoms with Gasteiger partial charge in [-0.25, -0.2) is 0 Å². The van der Waals surface area contributed by atoms with Gasteiger partial charge < -0.3 is 9.80 Å². The number of nitrogens with zero attached hydrogens (tertiary/aromatic N) is 2. The zero-order valence-corrected chi connectivity index (χ0v) is 10.4. The molecular formula is C11H26N2. The summed E-state index contributed by atoms with van der Waals surface area (Å²) < 4.78 is 0. The second-order valence-electron chi connectivity index (χ2n) is 5.59. The van der Waals surface area contributed by atoms with E-state index in [1.807, 2.05) is 0 Å². The van der Waals surface area contributed by atoms with Crippen LogP contribution in [0.15, 0.2) is 0 Å². The van der Waals surface area contributed by atoms with Crippen molar-refractivity contribution in [1.82, 2.24) is 9.80 Å². The SMILES string of the molecule is CN(C)CC(CN(C)C)C(C)(C)C. The lowest BCUT2D eigenvalue weighted by Gasteiger charge is -2.34. The molecule has 0 unspecified atom stereocenters. The van der Waals surface area contributed by atoms with Crippen LogP contribution in [0.4, 0.5) is 0 Å². The highest BCUT2D eigenvalue weighted by Gasteiger charge is 2.25. The van der Waals surface area contributed by atoms with Crippen molar-refractivity contribution in [3.05, 3.63) is 0 Å². The van der Waals surface area contributed by atoms with Gasteiger partial charge in [0.25, 0.3) is 0 Å². The van der Waals surface area contributed by atoms with Gasteiger partial charge in [0.1, 0.15) is 0 Å². The van der Waals surface area contributed by atoms with Gasteiger partial charge in [-0.2, -0.15) is 0 Å². The fourth-order valence-electron chi connectivity index (χ4n) is 1.49. The molecule has 13 heavy (non-hydrogen) atoms. The van der Waals surface area contributed by atoms with Crippen molar-refractivity contribution in [2.45, 2.75) is 20.8 Å². The van der Waals surface area contributed by atoms with Gasteiger partial charge >= 0.3 is 0 Å². The van der Waals surface area contributed by atoms with E-state index in [4.69, 9.17) is 0 Å². The van der Waals surface area contributed by atoms with Crippen LogP contribution in [-0.2, 0) is 0 Å². The van der Waals surface area contributed by atoms with Gasteiger partial charge in [-0.1, -0.05) is 20.8 Å². The summed E-state index contributed by atoms with van der Waals surface area (Å²) in [6.07, 6.45) is 0. The predicted molar refractivity (Wildman–Crippen MR) is 60.1 cm³/mol. The summed E-state index contributed by atoms with van der Waals surface area (Å²) in [5, 5.41) is 0. The zero-order valence-electron chi connectivity index (χ0n) is 10.4. The summed E-state index contributed by atoms with van der Waals surface area (Å²) in [6, 6.07) is 0. The van der Waals surface area contributed by atoms with Crippen LogP contribution in [0.2, 0.25) is 0 Å². The minimum absolute atomic E-state index is 0.397. The third-order valence-corrected chi connectivity index (χ3v) is 2.40. The van der Waals surface area contributed by atoms with Crippen molar-refractivity contribution in [3.8, 4) is 0 Å². The van der Waals surface area contributed by atoms with Gasteiger partial charge in [-0.05, 0) is 39.5 Å².